The zero-order valence-electron chi connectivity index (χ0n) is 11.4. The predicted octanol–water partition coefficient (Wildman–Crippen LogP) is 0.664. The molecule has 1 aliphatic rings. The SMILES string of the molecule is COc1cc(C(=O)N2CC(O)CC2C(=O)O)ccc1C. The van der Waals surface area contributed by atoms with Crippen molar-refractivity contribution in [2.75, 3.05) is 13.7 Å². The van der Waals surface area contributed by atoms with E-state index < -0.39 is 24.0 Å². The van der Waals surface area contributed by atoms with Crippen molar-refractivity contribution in [1.82, 2.24) is 4.90 Å². The highest BCUT2D eigenvalue weighted by Gasteiger charge is 2.39. The minimum Gasteiger partial charge on any atom is -0.496 e. The number of rotatable bonds is 3. The molecule has 1 fully saturated rings. The molecule has 0 saturated carbocycles. The fourth-order valence-electron chi connectivity index (χ4n) is 2.39. The first-order valence-corrected chi connectivity index (χ1v) is 6.30. The number of aliphatic carboxylic acids is 1. The molecule has 6 heteroatoms. The van der Waals surface area contributed by atoms with Gasteiger partial charge < -0.3 is 19.8 Å². The van der Waals surface area contributed by atoms with Crippen LogP contribution in [0.4, 0.5) is 0 Å². The van der Waals surface area contributed by atoms with E-state index >= 15 is 0 Å². The zero-order valence-corrected chi connectivity index (χ0v) is 11.4. The van der Waals surface area contributed by atoms with Crippen LogP contribution < -0.4 is 4.74 Å². The van der Waals surface area contributed by atoms with E-state index in [4.69, 9.17) is 9.84 Å². The third-order valence-corrected chi connectivity index (χ3v) is 3.48. The number of carbonyl (C=O) groups excluding carboxylic acids is 1. The van der Waals surface area contributed by atoms with Gasteiger partial charge in [-0.3, -0.25) is 4.79 Å². The van der Waals surface area contributed by atoms with Crippen LogP contribution in [0.3, 0.4) is 0 Å². The molecule has 1 saturated heterocycles. The topological polar surface area (TPSA) is 87.1 Å². The number of likely N-dealkylation sites (tertiary alicyclic amines) is 1. The lowest BCUT2D eigenvalue weighted by Crippen LogP contribution is -2.40. The van der Waals surface area contributed by atoms with Gasteiger partial charge >= 0.3 is 5.97 Å². The highest BCUT2D eigenvalue weighted by atomic mass is 16.5. The number of ether oxygens (including phenoxy) is 1. The quantitative estimate of drug-likeness (QED) is 0.849. The second-order valence-corrected chi connectivity index (χ2v) is 4.89. The summed E-state index contributed by atoms with van der Waals surface area (Å²) in [5.74, 6) is -0.941. The molecule has 2 atom stereocenters. The molecule has 1 heterocycles. The Bertz CT molecular complexity index is 542. The number of amides is 1. The number of nitrogens with zero attached hydrogens (tertiary/aromatic N) is 1. The van der Waals surface area contributed by atoms with E-state index in [1.54, 1.807) is 18.2 Å². The number of aliphatic hydroxyl groups excluding tert-OH is 1. The lowest BCUT2D eigenvalue weighted by atomic mass is 10.1. The normalized spacial score (nSPS) is 21.9. The van der Waals surface area contributed by atoms with Crippen LogP contribution in [-0.4, -0.2) is 52.8 Å². The van der Waals surface area contributed by atoms with Crippen molar-refractivity contribution >= 4 is 11.9 Å². The number of carboxylic acids is 1. The molecule has 1 amide bonds. The Balaban J connectivity index is 2.28. The number of aryl methyl sites for hydroxylation is 1. The fourth-order valence-corrected chi connectivity index (χ4v) is 2.39. The monoisotopic (exact) mass is 279 g/mol. The largest absolute Gasteiger partial charge is 0.496 e. The number of hydrogen-bond donors (Lipinski definition) is 2. The van der Waals surface area contributed by atoms with Gasteiger partial charge in [-0.05, 0) is 24.6 Å². The van der Waals surface area contributed by atoms with Crippen LogP contribution in [0, 0.1) is 6.92 Å². The van der Waals surface area contributed by atoms with Crippen LogP contribution in [0.15, 0.2) is 18.2 Å². The van der Waals surface area contributed by atoms with Crippen LogP contribution in [0.5, 0.6) is 5.75 Å². The van der Waals surface area contributed by atoms with Crippen molar-refractivity contribution in [2.45, 2.75) is 25.5 Å². The standard InChI is InChI=1S/C14H17NO5/c1-8-3-4-9(5-12(8)20-2)13(17)15-7-10(16)6-11(15)14(18)19/h3-5,10-11,16H,6-7H2,1-2H3,(H,18,19). The van der Waals surface area contributed by atoms with E-state index in [0.717, 1.165) is 5.56 Å². The van der Waals surface area contributed by atoms with Crippen molar-refractivity contribution in [3.8, 4) is 5.75 Å². The van der Waals surface area contributed by atoms with Gasteiger partial charge in [0, 0.05) is 18.5 Å². The number of carbonyl (C=O) groups is 2. The van der Waals surface area contributed by atoms with Gasteiger partial charge in [-0.1, -0.05) is 6.07 Å². The van der Waals surface area contributed by atoms with E-state index in [2.05, 4.69) is 0 Å². The number of benzene rings is 1. The number of β-amino-alcohol motifs (C(OH)–C–C–N with tert-alkyl or cyclic N) is 1. The number of methoxy groups -OCH3 is 1. The highest BCUT2D eigenvalue weighted by Crippen LogP contribution is 2.24. The van der Waals surface area contributed by atoms with Crippen LogP contribution in [0.25, 0.3) is 0 Å². The Labute approximate surface area is 116 Å². The van der Waals surface area contributed by atoms with Gasteiger partial charge in [0.1, 0.15) is 11.8 Å². The Kier molecular flexibility index (Phi) is 3.94. The van der Waals surface area contributed by atoms with E-state index in [9.17, 15) is 14.7 Å². The molecule has 0 aliphatic carbocycles. The summed E-state index contributed by atoms with van der Waals surface area (Å²) in [6.07, 6.45) is -0.739. The Morgan fingerprint density at radius 1 is 1.40 bits per heavy atom. The maximum Gasteiger partial charge on any atom is 0.326 e. The van der Waals surface area contributed by atoms with E-state index in [0.29, 0.717) is 11.3 Å². The predicted molar refractivity (Wildman–Crippen MR) is 70.8 cm³/mol. The van der Waals surface area contributed by atoms with Crippen LogP contribution in [0.2, 0.25) is 0 Å². The molecule has 2 unspecified atom stereocenters. The van der Waals surface area contributed by atoms with Crippen molar-refractivity contribution in [2.24, 2.45) is 0 Å². The molecular formula is C14H17NO5. The van der Waals surface area contributed by atoms with Gasteiger partial charge in [-0.15, -0.1) is 0 Å². The molecule has 1 aliphatic heterocycles. The van der Waals surface area contributed by atoms with Gasteiger partial charge in [-0.25, -0.2) is 4.79 Å². The van der Waals surface area contributed by atoms with E-state index in [-0.39, 0.29) is 13.0 Å². The lowest BCUT2D eigenvalue weighted by Gasteiger charge is -2.21. The Morgan fingerprint density at radius 3 is 2.70 bits per heavy atom. The van der Waals surface area contributed by atoms with Crippen molar-refractivity contribution in [3.05, 3.63) is 29.3 Å². The highest BCUT2D eigenvalue weighted by molar-refractivity contribution is 5.97. The molecule has 0 bridgehead atoms. The molecular weight excluding hydrogens is 262 g/mol. The van der Waals surface area contributed by atoms with Crippen molar-refractivity contribution in [3.63, 3.8) is 0 Å². The summed E-state index contributed by atoms with van der Waals surface area (Å²) in [5, 5.41) is 18.7. The number of hydrogen-bond acceptors (Lipinski definition) is 4. The summed E-state index contributed by atoms with van der Waals surface area (Å²) in [6.45, 7) is 1.89. The van der Waals surface area contributed by atoms with Crippen molar-refractivity contribution in [1.29, 1.82) is 0 Å². The second-order valence-electron chi connectivity index (χ2n) is 4.89. The average Bonchev–Trinajstić information content (AvgIpc) is 2.81. The third-order valence-electron chi connectivity index (χ3n) is 3.48. The number of aliphatic hydroxyl groups is 1. The molecule has 0 spiro atoms. The fraction of sp³-hybridized carbons (Fsp3) is 0.429. The summed E-state index contributed by atoms with van der Waals surface area (Å²) in [6, 6.07) is 3.98. The van der Waals surface area contributed by atoms with Crippen molar-refractivity contribution < 1.29 is 24.5 Å². The zero-order chi connectivity index (χ0) is 14.9. The second kappa shape index (κ2) is 5.50. The van der Waals surface area contributed by atoms with Gasteiger partial charge in [0.25, 0.3) is 5.91 Å². The number of carboxylic acid groups (broad SMARTS) is 1. The summed E-state index contributed by atoms with van der Waals surface area (Å²) >= 11 is 0. The van der Waals surface area contributed by atoms with Crippen LogP contribution in [-0.2, 0) is 4.79 Å². The molecule has 2 rings (SSSR count). The Morgan fingerprint density at radius 2 is 2.10 bits per heavy atom. The minimum absolute atomic E-state index is 0.0337. The Hall–Kier alpha value is -2.08. The lowest BCUT2D eigenvalue weighted by molar-refractivity contribution is -0.141. The molecule has 1 aromatic carbocycles. The molecule has 1 aromatic rings. The first-order chi connectivity index (χ1) is 9.43. The van der Waals surface area contributed by atoms with Crippen LogP contribution >= 0.6 is 0 Å². The van der Waals surface area contributed by atoms with Gasteiger partial charge in [0.2, 0.25) is 0 Å². The molecule has 108 valence electrons. The first kappa shape index (κ1) is 14.3. The average molecular weight is 279 g/mol. The molecule has 20 heavy (non-hydrogen) atoms. The smallest absolute Gasteiger partial charge is 0.326 e. The maximum absolute atomic E-state index is 12.4. The van der Waals surface area contributed by atoms with Gasteiger partial charge in [0.15, 0.2) is 0 Å². The minimum atomic E-state index is -1.10. The van der Waals surface area contributed by atoms with Gasteiger partial charge in [0.05, 0.1) is 13.2 Å². The van der Waals surface area contributed by atoms with Crippen LogP contribution in [0.1, 0.15) is 22.3 Å². The van der Waals surface area contributed by atoms with Gasteiger partial charge in [-0.2, -0.15) is 0 Å². The molecule has 0 radical (unpaired) electrons. The third kappa shape index (κ3) is 2.60. The van der Waals surface area contributed by atoms with E-state index in [1.807, 2.05) is 6.92 Å². The first-order valence-electron chi connectivity index (χ1n) is 6.30. The maximum atomic E-state index is 12.4. The molecule has 0 aromatic heterocycles. The molecule has 6 nitrogen and oxygen atoms in total. The summed E-state index contributed by atoms with van der Waals surface area (Å²) in [7, 11) is 1.51. The summed E-state index contributed by atoms with van der Waals surface area (Å²) in [4.78, 5) is 24.7. The summed E-state index contributed by atoms with van der Waals surface area (Å²) in [5.41, 5.74) is 1.24. The van der Waals surface area contributed by atoms with E-state index in [1.165, 1.54) is 12.0 Å². The summed E-state index contributed by atoms with van der Waals surface area (Å²) < 4.78 is 5.16. The molecule has 2 N–H and O–H groups in total.